The van der Waals surface area contributed by atoms with Crippen LogP contribution >= 0.6 is 0 Å². The lowest BCUT2D eigenvalue weighted by atomic mass is 10.1. The Labute approximate surface area is 122 Å². The average Bonchev–Trinajstić information content (AvgIpc) is 2.86. The zero-order valence-electron chi connectivity index (χ0n) is 12.0. The maximum Gasteiger partial charge on any atom is 0.412 e. The number of anilines is 1. The van der Waals surface area contributed by atoms with Gasteiger partial charge in [0, 0.05) is 19.1 Å². The molecule has 1 fully saturated rings. The largest absolute Gasteiger partial charge is 0.450 e. The van der Waals surface area contributed by atoms with Crippen LogP contribution in [0.4, 0.5) is 10.6 Å². The monoisotopic (exact) mass is 296 g/mol. The number of nitrogens with one attached hydrogen (secondary N) is 1. The van der Waals surface area contributed by atoms with Crippen molar-refractivity contribution >= 4 is 17.8 Å². The number of hydrogen-bond acceptors (Lipinski definition) is 6. The maximum atomic E-state index is 12.1. The molecule has 0 spiro atoms. The number of likely N-dealkylation sites (tertiary alicyclic amines) is 1. The van der Waals surface area contributed by atoms with Crippen molar-refractivity contribution in [1.29, 1.82) is 0 Å². The molecule has 1 aliphatic heterocycles. The number of nitrogens with two attached hydrogens (primary N) is 1. The molecule has 1 aromatic heterocycles. The quantitative estimate of drug-likeness (QED) is 0.794. The van der Waals surface area contributed by atoms with Crippen LogP contribution in [0.2, 0.25) is 0 Å². The highest BCUT2D eigenvalue weighted by Crippen LogP contribution is 2.09. The smallest absolute Gasteiger partial charge is 0.412 e. The number of carbonyl (C=O) groups excluding carboxylic acids is 2. The first-order chi connectivity index (χ1) is 10.1. The minimum atomic E-state index is -0.596. The van der Waals surface area contributed by atoms with Gasteiger partial charge < -0.3 is 15.4 Å². The Morgan fingerprint density at radius 1 is 1.48 bits per heavy atom. The molecule has 9 nitrogen and oxygen atoms in total. The Balaban J connectivity index is 1.84. The molecule has 0 bridgehead atoms. The van der Waals surface area contributed by atoms with Crippen molar-refractivity contribution in [3.63, 3.8) is 0 Å². The van der Waals surface area contributed by atoms with Crippen molar-refractivity contribution in [3.8, 4) is 0 Å². The minimum absolute atomic E-state index is 0.0329. The van der Waals surface area contributed by atoms with Crippen molar-refractivity contribution in [2.24, 2.45) is 5.73 Å². The summed E-state index contributed by atoms with van der Waals surface area (Å²) in [6.07, 6.45) is 2.53. The molecule has 116 valence electrons. The topological polar surface area (TPSA) is 115 Å². The van der Waals surface area contributed by atoms with Gasteiger partial charge in [0.2, 0.25) is 5.91 Å². The highest BCUT2D eigenvalue weighted by molar-refractivity contribution is 5.83. The van der Waals surface area contributed by atoms with Crippen LogP contribution in [0.1, 0.15) is 19.8 Å². The molecule has 1 aliphatic rings. The van der Waals surface area contributed by atoms with Gasteiger partial charge in [0.1, 0.15) is 6.54 Å². The molecule has 0 unspecified atom stereocenters. The fourth-order valence-electron chi connectivity index (χ4n) is 2.09. The van der Waals surface area contributed by atoms with Crippen LogP contribution in [0.3, 0.4) is 0 Å². The Kier molecular flexibility index (Phi) is 5.09. The Bertz CT molecular complexity index is 495. The van der Waals surface area contributed by atoms with Gasteiger partial charge in [-0.2, -0.15) is 0 Å². The van der Waals surface area contributed by atoms with E-state index in [-0.39, 0.29) is 30.9 Å². The Hall–Kier alpha value is -2.16. The lowest BCUT2D eigenvalue weighted by Gasteiger charge is -2.30. The van der Waals surface area contributed by atoms with E-state index in [1.807, 2.05) is 0 Å². The summed E-state index contributed by atoms with van der Waals surface area (Å²) in [4.78, 5) is 25.1. The van der Waals surface area contributed by atoms with Gasteiger partial charge in [0.15, 0.2) is 5.82 Å². The number of rotatable bonds is 4. The molecule has 0 atom stereocenters. The molecule has 0 aliphatic carbocycles. The highest BCUT2D eigenvalue weighted by atomic mass is 16.5. The fourth-order valence-corrected chi connectivity index (χ4v) is 2.09. The zero-order chi connectivity index (χ0) is 15.2. The van der Waals surface area contributed by atoms with Gasteiger partial charge in [-0.1, -0.05) is 5.21 Å². The minimum Gasteiger partial charge on any atom is -0.450 e. The molecule has 9 heteroatoms. The van der Waals surface area contributed by atoms with Crippen LogP contribution in [0.25, 0.3) is 0 Å². The average molecular weight is 296 g/mol. The molecule has 3 N–H and O–H groups in total. The third-order valence-electron chi connectivity index (χ3n) is 3.23. The van der Waals surface area contributed by atoms with E-state index in [4.69, 9.17) is 10.5 Å². The van der Waals surface area contributed by atoms with Gasteiger partial charge in [-0.25, -0.2) is 9.48 Å². The second kappa shape index (κ2) is 7.02. The van der Waals surface area contributed by atoms with E-state index in [9.17, 15) is 9.59 Å². The molecule has 2 amide bonds. The molecule has 1 aromatic rings. The van der Waals surface area contributed by atoms with Crippen LogP contribution in [0.15, 0.2) is 6.20 Å². The highest BCUT2D eigenvalue weighted by Gasteiger charge is 2.21. The molecule has 21 heavy (non-hydrogen) atoms. The number of carbonyl (C=O) groups is 2. The summed E-state index contributed by atoms with van der Waals surface area (Å²) in [5, 5.41) is 9.99. The van der Waals surface area contributed by atoms with Gasteiger partial charge in [-0.05, 0) is 19.8 Å². The second-order valence-corrected chi connectivity index (χ2v) is 4.87. The molecular formula is C12H20N6O3. The first-order valence-electron chi connectivity index (χ1n) is 6.95. The second-order valence-electron chi connectivity index (χ2n) is 4.87. The Morgan fingerprint density at radius 3 is 2.86 bits per heavy atom. The molecule has 0 aromatic carbocycles. The van der Waals surface area contributed by atoms with Crippen LogP contribution < -0.4 is 11.1 Å². The fraction of sp³-hybridized carbons (Fsp3) is 0.667. The van der Waals surface area contributed by atoms with E-state index in [0.29, 0.717) is 13.1 Å². The zero-order valence-corrected chi connectivity index (χ0v) is 12.0. The number of ether oxygens (including phenoxy) is 1. The third-order valence-corrected chi connectivity index (χ3v) is 3.23. The lowest BCUT2D eigenvalue weighted by molar-refractivity contribution is -0.133. The normalized spacial score (nSPS) is 15.8. The van der Waals surface area contributed by atoms with Crippen LogP contribution in [-0.2, 0) is 16.1 Å². The summed E-state index contributed by atoms with van der Waals surface area (Å²) in [7, 11) is 0. The number of amides is 2. The summed E-state index contributed by atoms with van der Waals surface area (Å²) in [6, 6.07) is 0.181. The van der Waals surface area contributed by atoms with Crippen molar-refractivity contribution < 1.29 is 14.3 Å². The molecule has 0 radical (unpaired) electrons. The van der Waals surface area contributed by atoms with Gasteiger partial charge in [-0.15, -0.1) is 5.10 Å². The number of hydrogen-bond donors (Lipinski definition) is 2. The van der Waals surface area contributed by atoms with Crippen molar-refractivity contribution in [1.82, 2.24) is 19.9 Å². The van der Waals surface area contributed by atoms with E-state index >= 15 is 0 Å². The summed E-state index contributed by atoms with van der Waals surface area (Å²) in [5.74, 6) is 0.219. The number of nitrogens with zero attached hydrogens (tertiary/aromatic N) is 4. The van der Waals surface area contributed by atoms with Gasteiger partial charge in [0.25, 0.3) is 0 Å². The van der Waals surface area contributed by atoms with E-state index in [2.05, 4.69) is 15.6 Å². The van der Waals surface area contributed by atoms with E-state index in [1.165, 1.54) is 10.9 Å². The standard InChI is InChI=1S/C12H20N6O3/c1-2-21-12(20)14-10-7-18(16-15-10)8-11(19)17-5-3-9(13)4-6-17/h7,9H,2-6,8,13H2,1H3,(H,14,20). The molecule has 2 heterocycles. The summed E-state index contributed by atoms with van der Waals surface area (Å²) in [5.41, 5.74) is 5.81. The summed E-state index contributed by atoms with van der Waals surface area (Å²) >= 11 is 0. The van der Waals surface area contributed by atoms with E-state index < -0.39 is 6.09 Å². The molecule has 1 saturated heterocycles. The summed E-state index contributed by atoms with van der Waals surface area (Å²) in [6.45, 7) is 3.41. The molecule has 0 saturated carbocycles. The van der Waals surface area contributed by atoms with Crippen LogP contribution in [0, 0.1) is 0 Å². The number of aromatic nitrogens is 3. The molecule has 2 rings (SSSR count). The van der Waals surface area contributed by atoms with Crippen molar-refractivity contribution in [2.75, 3.05) is 25.0 Å². The first kappa shape index (κ1) is 15.2. The Morgan fingerprint density at radius 2 is 2.19 bits per heavy atom. The van der Waals surface area contributed by atoms with Gasteiger partial charge >= 0.3 is 6.09 Å². The third kappa shape index (κ3) is 4.42. The SMILES string of the molecule is CCOC(=O)Nc1cn(CC(=O)N2CCC(N)CC2)nn1. The van der Waals surface area contributed by atoms with Gasteiger partial charge in [0.05, 0.1) is 12.8 Å². The maximum absolute atomic E-state index is 12.1. The van der Waals surface area contributed by atoms with Crippen LogP contribution in [-0.4, -0.2) is 57.6 Å². The molecular weight excluding hydrogens is 276 g/mol. The van der Waals surface area contributed by atoms with Gasteiger partial charge in [-0.3, -0.25) is 10.1 Å². The summed E-state index contributed by atoms with van der Waals surface area (Å²) < 4.78 is 6.11. The predicted octanol–water partition coefficient (Wildman–Crippen LogP) is -0.204. The lowest BCUT2D eigenvalue weighted by Crippen LogP contribution is -2.44. The van der Waals surface area contributed by atoms with Crippen molar-refractivity contribution in [3.05, 3.63) is 6.20 Å². The number of piperidine rings is 1. The van der Waals surface area contributed by atoms with E-state index in [1.54, 1.807) is 11.8 Å². The van der Waals surface area contributed by atoms with Crippen molar-refractivity contribution in [2.45, 2.75) is 32.4 Å². The van der Waals surface area contributed by atoms with E-state index in [0.717, 1.165) is 12.8 Å². The predicted molar refractivity (Wildman–Crippen MR) is 74.5 cm³/mol. The van der Waals surface area contributed by atoms with Crippen LogP contribution in [0.5, 0.6) is 0 Å². The first-order valence-corrected chi connectivity index (χ1v) is 6.95.